The number of morpholine rings is 1. The summed E-state index contributed by atoms with van der Waals surface area (Å²) in [6, 6.07) is 0.320. The molecule has 16 heavy (non-hydrogen) atoms. The van der Waals surface area contributed by atoms with Gasteiger partial charge in [-0.1, -0.05) is 19.8 Å². The molecule has 2 unspecified atom stereocenters. The number of hydrogen-bond acceptors (Lipinski definition) is 3. The molecule has 3 nitrogen and oxygen atoms in total. The molecule has 0 saturated carbocycles. The smallest absolute Gasteiger partial charge is 0.0757 e. The van der Waals surface area contributed by atoms with Gasteiger partial charge in [-0.05, 0) is 27.2 Å². The lowest BCUT2D eigenvalue weighted by Crippen LogP contribution is -2.54. The van der Waals surface area contributed by atoms with Crippen LogP contribution in [0.1, 0.15) is 47.0 Å². The van der Waals surface area contributed by atoms with Gasteiger partial charge in [-0.2, -0.15) is 0 Å². The maximum atomic E-state index is 6.14. The number of hydrogen-bond donors (Lipinski definition) is 1. The van der Waals surface area contributed by atoms with E-state index < -0.39 is 0 Å². The Balaban J connectivity index is 2.35. The number of unbranched alkanes of at least 4 members (excludes halogenated alkanes) is 1. The molecule has 1 saturated heterocycles. The van der Waals surface area contributed by atoms with Gasteiger partial charge in [0.25, 0.3) is 0 Å². The molecule has 3 heteroatoms. The van der Waals surface area contributed by atoms with Crippen LogP contribution in [0.25, 0.3) is 0 Å². The monoisotopic (exact) mass is 228 g/mol. The fourth-order valence-corrected chi connectivity index (χ4v) is 2.61. The van der Waals surface area contributed by atoms with Crippen LogP contribution in [0.3, 0.4) is 0 Å². The standard InChI is InChI=1S/C13H28N2O/c1-5-6-7-12(14)9-15-8-11(2)16-13(3,4)10-15/h11-12H,5-10,14H2,1-4H3. The number of rotatable bonds is 5. The Bertz CT molecular complexity index is 206. The highest BCUT2D eigenvalue weighted by atomic mass is 16.5. The largest absolute Gasteiger partial charge is 0.370 e. The summed E-state index contributed by atoms with van der Waals surface area (Å²) >= 11 is 0. The Morgan fingerprint density at radius 1 is 1.50 bits per heavy atom. The third kappa shape index (κ3) is 4.81. The number of nitrogens with zero attached hydrogens (tertiary/aromatic N) is 1. The van der Waals surface area contributed by atoms with Crippen LogP contribution in [0, 0.1) is 0 Å². The predicted molar refractivity (Wildman–Crippen MR) is 68.6 cm³/mol. The lowest BCUT2D eigenvalue weighted by Gasteiger charge is -2.42. The Morgan fingerprint density at radius 3 is 2.75 bits per heavy atom. The van der Waals surface area contributed by atoms with Crippen molar-refractivity contribution in [3.05, 3.63) is 0 Å². The van der Waals surface area contributed by atoms with E-state index in [1.807, 2.05) is 0 Å². The summed E-state index contributed by atoms with van der Waals surface area (Å²) in [5.41, 5.74) is 6.12. The predicted octanol–water partition coefficient (Wildman–Crippen LogP) is 2.00. The number of nitrogens with two attached hydrogens (primary N) is 1. The minimum absolute atomic E-state index is 0.0257. The molecule has 0 aromatic heterocycles. The zero-order valence-corrected chi connectivity index (χ0v) is 11.3. The first-order chi connectivity index (χ1) is 7.43. The summed E-state index contributed by atoms with van der Waals surface area (Å²) in [5.74, 6) is 0. The first-order valence-corrected chi connectivity index (χ1v) is 6.58. The van der Waals surface area contributed by atoms with Crippen LogP contribution in [-0.2, 0) is 4.74 Å². The first kappa shape index (κ1) is 13.9. The van der Waals surface area contributed by atoms with Crippen molar-refractivity contribution < 1.29 is 4.74 Å². The molecule has 0 spiro atoms. The second-order valence-electron chi connectivity index (χ2n) is 5.78. The average molecular weight is 228 g/mol. The molecule has 0 amide bonds. The fraction of sp³-hybridized carbons (Fsp3) is 1.00. The van der Waals surface area contributed by atoms with Gasteiger partial charge in [0.2, 0.25) is 0 Å². The Kier molecular flexibility index (Phi) is 5.22. The van der Waals surface area contributed by atoms with Crippen LogP contribution in [0.4, 0.5) is 0 Å². The molecule has 0 radical (unpaired) electrons. The van der Waals surface area contributed by atoms with Crippen LogP contribution in [-0.4, -0.2) is 42.3 Å². The van der Waals surface area contributed by atoms with Gasteiger partial charge in [0.1, 0.15) is 0 Å². The van der Waals surface area contributed by atoms with Crippen LogP contribution < -0.4 is 5.73 Å². The topological polar surface area (TPSA) is 38.5 Å². The van der Waals surface area contributed by atoms with Crippen molar-refractivity contribution in [1.29, 1.82) is 0 Å². The van der Waals surface area contributed by atoms with Gasteiger partial charge < -0.3 is 10.5 Å². The van der Waals surface area contributed by atoms with E-state index in [9.17, 15) is 0 Å². The van der Waals surface area contributed by atoms with Gasteiger partial charge in [0, 0.05) is 25.7 Å². The van der Waals surface area contributed by atoms with Gasteiger partial charge in [-0.25, -0.2) is 0 Å². The highest BCUT2D eigenvalue weighted by molar-refractivity contribution is 4.84. The van der Waals surface area contributed by atoms with E-state index in [4.69, 9.17) is 10.5 Å². The normalized spacial score (nSPS) is 27.9. The van der Waals surface area contributed by atoms with Crippen LogP contribution in [0.2, 0.25) is 0 Å². The second kappa shape index (κ2) is 5.99. The molecular formula is C13H28N2O. The molecule has 0 bridgehead atoms. The Hall–Kier alpha value is -0.120. The van der Waals surface area contributed by atoms with E-state index >= 15 is 0 Å². The SMILES string of the molecule is CCCCC(N)CN1CC(C)OC(C)(C)C1. The third-order valence-electron chi connectivity index (χ3n) is 3.06. The average Bonchev–Trinajstić information content (AvgIpc) is 2.11. The summed E-state index contributed by atoms with van der Waals surface area (Å²) in [6.45, 7) is 11.7. The maximum Gasteiger partial charge on any atom is 0.0757 e. The molecular weight excluding hydrogens is 200 g/mol. The zero-order chi connectivity index (χ0) is 12.2. The van der Waals surface area contributed by atoms with E-state index in [1.165, 1.54) is 12.8 Å². The van der Waals surface area contributed by atoms with E-state index in [-0.39, 0.29) is 5.60 Å². The third-order valence-corrected chi connectivity index (χ3v) is 3.06. The molecule has 1 aliphatic heterocycles. The molecule has 0 aliphatic carbocycles. The first-order valence-electron chi connectivity index (χ1n) is 6.58. The molecule has 1 fully saturated rings. The quantitative estimate of drug-likeness (QED) is 0.782. The van der Waals surface area contributed by atoms with Gasteiger partial charge in [-0.3, -0.25) is 4.90 Å². The summed E-state index contributed by atoms with van der Waals surface area (Å²) in [7, 11) is 0. The second-order valence-corrected chi connectivity index (χ2v) is 5.78. The van der Waals surface area contributed by atoms with E-state index in [0.29, 0.717) is 12.1 Å². The van der Waals surface area contributed by atoms with Gasteiger partial charge in [-0.15, -0.1) is 0 Å². The molecule has 1 heterocycles. The lowest BCUT2D eigenvalue weighted by molar-refractivity contribution is -0.129. The lowest BCUT2D eigenvalue weighted by atomic mass is 10.0. The number of ether oxygens (including phenoxy) is 1. The minimum atomic E-state index is -0.0257. The molecule has 1 aliphatic rings. The molecule has 96 valence electrons. The fourth-order valence-electron chi connectivity index (χ4n) is 2.61. The van der Waals surface area contributed by atoms with Gasteiger partial charge in [0.05, 0.1) is 11.7 Å². The summed E-state index contributed by atoms with van der Waals surface area (Å²) in [6.07, 6.45) is 3.94. The highest BCUT2D eigenvalue weighted by Crippen LogP contribution is 2.20. The highest BCUT2D eigenvalue weighted by Gasteiger charge is 2.31. The molecule has 2 atom stereocenters. The summed E-state index contributed by atoms with van der Waals surface area (Å²) in [5, 5.41) is 0. The van der Waals surface area contributed by atoms with E-state index in [1.54, 1.807) is 0 Å². The maximum absolute atomic E-state index is 6.14. The Labute approximate surface area is 100 Å². The van der Waals surface area contributed by atoms with Crippen LogP contribution in [0.15, 0.2) is 0 Å². The van der Waals surface area contributed by atoms with Gasteiger partial charge in [0.15, 0.2) is 0 Å². The Morgan fingerprint density at radius 2 is 2.19 bits per heavy atom. The van der Waals surface area contributed by atoms with Crippen molar-refractivity contribution in [2.75, 3.05) is 19.6 Å². The van der Waals surface area contributed by atoms with Crippen molar-refractivity contribution in [3.8, 4) is 0 Å². The van der Waals surface area contributed by atoms with Crippen molar-refractivity contribution >= 4 is 0 Å². The van der Waals surface area contributed by atoms with Crippen LogP contribution in [0.5, 0.6) is 0 Å². The van der Waals surface area contributed by atoms with E-state index in [0.717, 1.165) is 26.1 Å². The van der Waals surface area contributed by atoms with Crippen molar-refractivity contribution in [2.24, 2.45) is 5.73 Å². The van der Waals surface area contributed by atoms with Crippen molar-refractivity contribution in [1.82, 2.24) is 4.90 Å². The van der Waals surface area contributed by atoms with Gasteiger partial charge >= 0.3 is 0 Å². The summed E-state index contributed by atoms with van der Waals surface area (Å²) in [4.78, 5) is 2.45. The summed E-state index contributed by atoms with van der Waals surface area (Å²) < 4.78 is 5.88. The molecule has 0 aromatic carbocycles. The minimum Gasteiger partial charge on any atom is -0.370 e. The van der Waals surface area contributed by atoms with E-state index in [2.05, 4.69) is 32.6 Å². The molecule has 0 aromatic rings. The van der Waals surface area contributed by atoms with Crippen LogP contribution >= 0.6 is 0 Å². The molecule has 1 rings (SSSR count). The zero-order valence-electron chi connectivity index (χ0n) is 11.3. The van der Waals surface area contributed by atoms with Crippen molar-refractivity contribution in [2.45, 2.75) is 64.7 Å². The molecule has 2 N–H and O–H groups in total. The van der Waals surface area contributed by atoms with Crippen molar-refractivity contribution in [3.63, 3.8) is 0 Å².